The fourth-order valence-corrected chi connectivity index (χ4v) is 3.18. The number of hydrogen-bond donors (Lipinski definition) is 1. The highest BCUT2D eigenvalue weighted by atomic mass is 19.1. The molecule has 1 aliphatic rings. The van der Waals surface area contributed by atoms with Crippen molar-refractivity contribution in [3.05, 3.63) is 47.3 Å². The molecule has 3 rings (SSSR count). The monoisotopic (exact) mass is 373 g/mol. The van der Waals surface area contributed by atoms with Crippen molar-refractivity contribution in [1.29, 1.82) is 0 Å². The molecule has 0 aliphatic heterocycles. The lowest BCUT2D eigenvalue weighted by Crippen LogP contribution is -2.21. The maximum atomic E-state index is 14.0. The fraction of sp³-hybridized carbons (Fsp3) is 0.300. The highest BCUT2D eigenvalue weighted by molar-refractivity contribution is 6.04. The number of methoxy groups -OCH3 is 2. The van der Waals surface area contributed by atoms with Gasteiger partial charge in [0, 0.05) is 18.1 Å². The number of carbonyl (C=O) groups excluding carboxylic acids is 2. The standard InChI is InChI=1S/C20H20FNO5/c1-11-8-15(23)20-16(7-5-13(21)19(11)20)27-10-18(24)22-14-6-4-12(25-2)9-17(14)26-3/h4-7,9,11H,8,10H2,1-3H3,(H,22,24). The Labute approximate surface area is 156 Å². The number of hydrogen-bond acceptors (Lipinski definition) is 5. The lowest BCUT2D eigenvalue weighted by Gasteiger charge is -2.13. The minimum Gasteiger partial charge on any atom is -0.497 e. The molecule has 0 bridgehead atoms. The van der Waals surface area contributed by atoms with Crippen molar-refractivity contribution < 1.29 is 28.2 Å². The number of fused-ring (bicyclic) bond motifs is 1. The first-order valence-corrected chi connectivity index (χ1v) is 8.44. The summed E-state index contributed by atoms with van der Waals surface area (Å²) in [6.45, 7) is 1.47. The van der Waals surface area contributed by atoms with Crippen molar-refractivity contribution in [2.75, 3.05) is 26.1 Å². The Hall–Kier alpha value is -3.09. The van der Waals surface area contributed by atoms with Crippen LogP contribution in [0.25, 0.3) is 0 Å². The van der Waals surface area contributed by atoms with E-state index in [1.165, 1.54) is 26.4 Å². The lowest BCUT2D eigenvalue weighted by molar-refractivity contribution is -0.118. The molecule has 0 heterocycles. The molecule has 142 valence electrons. The Bertz CT molecular complexity index is 896. The van der Waals surface area contributed by atoms with Gasteiger partial charge in [0.1, 0.15) is 23.1 Å². The van der Waals surface area contributed by atoms with Gasteiger partial charge in [-0.05, 0) is 30.2 Å². The van der Waals surface area contributed by atoms with Gasteiger partial charge in [0.25, 0.3) is 5.91 Å². The Morgan fingerprint density at radius 1 is 1.19 bits per heavy atom. The largest absolute Gasteiger partial charge is 0.497 e. The number of carbonyl (C=O) groups is 2. The Morgan fingerprint density at radius 3 is 2.67 bits per heavy atom. The van der Waals surface area contributed by atoms with Crippen LogP contribution < -0.4 is 19.5 Å². The molecule has 2 aromatic carbocycles. The van der Waals surface area contributed by atoms with E-state index in [9.17, 15) is 14.0 Å². The van der Waals surface area contributed by atoms with Gasteiger partial charge in [-0.25, -0.2) is 4.39 Å². The Morgan fingerprint density at radius 2 is 1.96 bits per heavy atom. The molecule has 0 radical (unpaired) electrons. The Balaban J connectivity index is 1.72. The van der Waals surface area contributed by atoms with Gasteiger partial charge in [-0.15, -0.1) is 0 Å². The van der Waals surface area contributed by atoms with Crippen LogP contribution in [0.4, 0.5) is 10.1 Å². The zero-order chi connectivity index (χ0) is 19.6. The van der Waals surface area contributed by atoms with E-state index < -0.39 is 11.7 Å². The number of anilines is 1. The summed E-state index contributed by atoms with van der Waals surface area (Å²) in [5, 5.41) is 2.68. The predicted octanol–water partition coefficient (Wildman–Crippen LogP) is 3.55. The van der Waals surface area contributed by atoms with Crippen LogP contribution in [0, 0.1) is 5.82 Å². The van der Waals surface area contributed by atoms with Crippen molar-refractivity contribution in [3.8, 4) is 17.2 Å². The number of ether oxygens (including phenoxy) is 3. The Kier molecular flexibility index (Phi) is 5.30. The summed E-state index contributed by atoms with van der Waals surface area (Å²) in [4.78, 5) is 24.4. The summed E-state index contributed by atoms with van der Waals surface area (Å²) in [6.07, 6.45) is 0.238. The van der Waals surface area contributed by atoms with E-state index in [1.807, 2.05) is 0 Å². The van der Waals surface area contributed by atoms with Gasteiger partial charge in [0.05, 0.1) is 25.5 Å². The number of Topliss-reactive ketones (excluding diaryl/α,β-unsaturated/α-hetero) is 1. The molecule has 27 heavy (non-hydrogen) atoms. The van der Waals surface area contributed by atoms with Crippen LogP contribution in [-0.4, -0.2) is 32.5 Å². The van der Waals surface area contributed by atoms with E-state index in [0.717, 1.165) is 0 Å². The molecule has 0 fully saturated rings. The van der Waals surface area contributed by atoms with Crippen LogP contribution in [0.3, 0.4) is 0 Å². The number of benzene rings is 2. The number of amides is 1. The molecule has 1 unspecified atom stereocenters. The van der Waals surface area contributed by atoms with Crippen LogP contribution in [0.1, 0.15) is 35.2 Å². The number of nitrogens with one attached hydrogen (secondary N) is 1. The summed E-state index contributed by atoms with van der Waals surface area (Å²) < 4.78 is 29.9. The molecule has 2 aromatic rings. The average molecular weight is 373 g/mol. The molecule has 1 atom stereocenters. The third kappa shape index (κ3) is 3.72. The van der Waals surface area contributed by atoms with Gasteiger partial charge in [0.2, 0.25) is 0 Å². The summed E-state index contributed by atoms with van der Waals surface area (Å²) in [5.41, 5.74) is 1.05. The minimum atomic E-state index is -0.435. The molecule has 1 N–H and O–H groups in total. The van der Waals surface area contributed by atoms with Gasteiger partial charge in [0.15, 0.2) is 12.4 Å². The van der Waals surface area contributed by atoms with Crippen LogP contribution in [0.15, 0.2) is 30.3 Å². The maximum Gasteiger partial charge on any atom is 0.262 e. The van der Waals surface area contributed by atoms with Gasteiger partial charge < -0.3 is 19.5 Å². The SMILES string of the molecule is COc1ccc(NC(=O)COc2ccc(F)c3c2C(=O)CC3C)c(OC)c1. The van der Waals surface area contributed by atoms with Crippen LogP contribution >= 0.6 is 0 Å². The minimum absolute atomic E-state index is 0.177. The van der Waals surface area contributed by atoms with Gasteiger partial charge in [-0.1, -0.05) is 6.92 Å². The van der Waals surface area contributed by atoms with Gasteiger partial charge >= 0.3 is 0 Å². The lowest BCUT2D eigenvalue weighted by atomic mass is 10.0. The molecule has 0 saturated carbocycles. The second-order valence-electron chi connectivity index (χ2n) is 6.27. The summed E-state index contributed by atoms with van der Waals surface area (Å²) in [6, 6.07) is 7.62. The highest BCUT2D eigenvalue weighted by Gasteiger charge is 2.32. The van der Waals surface area contributed by atoms with E-state index in [2.05, 4.69) is 5.32 Å². The third-order valence-electron chi connectivity index (χ3n) is 4.46. The number of ketones is 1. The quantitative estimate of drug-likeness (QED) is 0.838. The molecule has 0 saturated heterocycles. The van der Waals surface area contributed by atoms with Crippen LogP contribution in [-0.2, 0) is 4.79 Å². The maximum absolute atomic E-state index is 14.0. The smallest absolute Gasteiger partial charge is 0.262 e. The summed E-state index contributed by atoms with van der Waals surface area (Å²) in [7, 11) is 3.01. The van der Waals surface area contributed by atoms with E-state index in [-0.39, 0.29) is 36.0 Å². The zero-order valence-corrected chi connectivity index (χ0v) is 15.3. The molecular weight excluding hydrogens is 353 g/mol. The third-order valence-corrected chi connectivity index (χ3v) is 4.46. The zero-order valence-electron chi connectivity index (χ0n) is 15.3. The first kappa shape index (κ1) is 18.7. The summed E-state index contributed by atoms with van der Waals surface area (Å²) >= 11 is 0. The highest BCUT2D eigenvalue weighted by Crippen LogP contribution is 2.39. The normalized spacial score (nSPS) is 15.3. The van der Waals surface area contributed by atoms with Crippen molar-refractivity contribution >= 4 is 17.4 Å². The topological polar surface area (TPSA) is 73.9 Å². The van der Waals surface area contributed by atoms with E-state index in [4.69, 9.17) is 14.2 Å². The molecule has 1 amide bonds. The molecule has 7 heteroatoms. The van der Waals surface area contributed by atoms with Crippen molar-refractivity contribution in [1.82, 2.24) is 0 Å². The molecule has 6 nitrogen and oxygen atoms in total. The van der Waals surface area contributed by atoms with Crippen molar-refractivity contribution in [2.24, 2.45) is 0 Å². The van der Waals surface area contributed by atoms with Crippen molar-refractivity contribution in [3.63, 3.8) is 0 Å². The van der Waals surface area contributed by atoms with Gasteiger partial charge in [-0.3, -0.25) is 9.59 Å². The molecule has 0 spiro atoms. The number of halogens is 1. The van der Waals surface area contributed by atoms with E-state index in [1.54, 1.807) is 25.1 Å². The van der Waals surface area contributed by atoms with E-state index >= 15 is 0 Å². The first-order chi connectivity index (χ1) is 12.9. The average Bonchev–Trinajstić information content (AvgIpc) is 2.97. The summed E-state index contributed by atoms with van der Waals surface area (Å²) in [5.74, 6) is 0.0124. The second kappa shape index (κ2) is 7.65. The van der Waals surface area contributed by atoms with Crippen molar-refractivity contribution in [2.45, 2.75) is 19.3 Å². The second-order valence-corrected chi connectivity index (χ2v) is 6.27. The van der Waals surface area contributed by atoms with Gasteiger partial charge in [-0.2, -0.15) is 0 Å². The number of rotatable bonds is 6. The fourth-order valence-electron chi connectivity index (χ4n) is 3.18. The molecular formula is C20H20FNO5. The van der Waals surface area contributed by atoms with Crippen LogP contribution in [0.2, 0.25) is 0 Å². The van der Waals surface area contributed by atoms with Crippen LogP contribution in [0.5, 0.6) is 17.2 Å². The molecule has 1 aliphatic carbocycles. The predicted molar refractivity (Wildman–Crippen MR) is 97.4 cm³/mol. The first-order valence-electron chi connectivity index (χ1n) is 8.44. The van der Waals surface area contributed by atoms with E-state index in [0.29, 0.717) is 22.7 Å². The molecule has 0 aromatic heterocycles.